The van der Waals surface area contributed by atoms with Gasteiger partial charge < -0.3 is 10.6 Å². The smallest absolute Gasteiger partial charge is 0.272 e. The number of nitrogens with zero attached hydrogens (tertiary/aromatic N) is 2. The molecule has 0 bridgehead atoms. The van der Waals surface area contributed by atoms with E-state index in [4.69, 9.17) is 0 Å². The Bertz CT molecular complexity index is 1110. The zero-order valence-electron chi connectivity index (χ0n) is 20.9. The number of ketones is 2. The SMILES string of the molecule is CC(C)C[C@@H](CNCC(=O)c1ccccc1)CC(=O)[C@H](Cc1ccccc1)NC(=O)c1cnccn1. The molecule has 7 nitrogen and oxygen atoms in total. The highest BCUT2D eigenvalue weighted by molar-refractivity contribution is 5.97. The molecule has 0 saturated carbocycles. The van der Waals surface area contributed by atoms with Crippen molar-refractivity contribution in [2.24, 2.45) is 11.8 Å². The number of Topliss-reactive ketones (excluding diaryl/α,β-unsaturated/α-hetero) is 2. The number of aromatic nitrogens is 2. The summed E-state index contributed by atoms with van der Waals surface area (Å²) in [6, 6.07) is 18.1. The molecule has 1 amide bonds. The molecule has 0 saturated heterocycles. The predicted molar refractivity (Wildman–Crippen MR) is 140 cm³/mol. The molecule has 0 aliphatic heterocycles. The molecule has 7 heteroatoms. The zero-order chi connectivity index (χ0) is 25.8. The molecule has 2 N–H and O–H groups in total. The topological polar surface area (TPSA) is 101 Å². The van der Waals surface area contributed by atoms with Gasteiger partial charge in [0.1, 0.15) is 5.69 Å². The fraction of sp³-hybridized carbons (Fsp3) is 0.345. The van der Waals surface area contributed by atoms with E-state index in [2.05, 4.69) is 34.4 Å². The van der Waals surface area contributed by atoms with E-state index < -0.39 is 11.9 Å². The molecule has 0 spiro atoms. The summed E-state index contributed by atoms with van der Waals surface area (Å²) in [5.41, 5.74) is 1.79. The van der Waals surface area contributed by atoms with Crippen LogP contribution in [-0.2, 0) is 11.2 Å². The van der Waals surface area contributed by atoms with Crippen molar-refractivity contribution in [3.05, 3.63) is 96.1 Å². The molecule has 0 unspecified atom stereocenters. The van der Waals surface area contributed by atoms with Crippen LogP contribution >= 0.6 is 0 Å². The molecule has 0 fully saturated rings. The first-order valence-corrected chi connectivity index (χ1v) is 12.3. The molecule has 0 radical (unpaired) electrons. The minimum Gasteiger partial charge on any atom is -0.341 e. The van der Waals surface area contributed by atoms with Crippen LogP contribution in [0.1, 0.15) is 53.1 Å². The molecule has 2 aromatic carbocycles. The molecule has 1 aromatic heterocycles. The van der Waals surface area contributed by atoms with Crippen molar-refractivity contribution in [3.63, 3.8) is 0 Å². The quantitative estimate of drug-likeness (QED) is 0.335. The van der Waals surface area contributed by atoms with Gasteiger partial charge in [-0.2, -0.15) is 0 Å². The number of rotatable bonds is 14. The van der Waals surface area contributed by atoms with Gasteiger partial charge >= 0.3 is 0 Å². The summed E-state index contributed by atoms with van der Waals surface area (Å²) >= 11 is 0. The second-order valence-electron chi connectivity index (χ2n) is 9.39. The highest BCUT2D eigenvalue weighted by Gasteiger charge is 2.26. The lowest BCUT2D eigenvalue weighted by Crippen LogP contribution is -2.44. The van der Waals surface area contributed by atoms with Gasteiger partial charge in [0.15, 0.2) is 11.6 Å². The van der Waals surface area contributed by atoms with Crippen LogP contribution in [0.4, 0.5) is 0 Å². The van der Waals surface area contributed by atoms with Crippen LogP contribution in [-0.4, -0.2) is 46.6 Å². The van der Waals surface area contributed by atoms with Gasteiger partial charge in [0.25, 0.3) is 5.91 Å². The predicted octanol–water partition coefficient (Wildman–Crippen LogP) is 3.91. The fourth-order valence-electron chi connectivity index (χ4n) is 4.19. The van der Waals surface area contributed by atoms with Gasteiger partial charge in [0, 0.05) is 24.4 Å². The van der Waals surface area contributed by atoms with Crippen LogP contribution in [0.2, 0.25) is 0 Å². The van der Waals surface area contributed by atoms with Crippen molar-refractivity contribution < 1.29 is 14.4 Å². The largest absolute Gasteiger partial charge is 0.341 e. The summed E-state index contributed by atoms with van der Waals surface area (Å²) in [4.78, 5) is 46.7. The molecule has 0 aliphatic carbocycles. The van der Waals surface area contributed by atoms with Gasteiger partial charge in [-0.3, -0.25) is 19.4 Å². The number of nitrogens with one attached hydrogen (secondary N) is 2. The number of amides is 1. The number of hydrogen-bond acceptors (Lipinski definition) is 6. The van der Waals surface area contributed by atoms with Crippen molar-refractivity contribution in [3.8, 4) is 0 Å². The average molecular weight is 487 g/mol. The van der Waals surface area contributed by atoms with Gasteiger partial charge in [-0.05, 0) is 36.8 Å². The average Bonchev–Trinajstić information content (AvgIpc) is 2.89. The second kappa shape index (κ2) is 14.0. The van der Waals surface area contributed by atoms with Crippen LogP contribution < -0.4 is 10.6 Å². The first-order valence-electron chi connectivity index (χ1n) is 12.3. The highest BCUT2D eigenvalue weighted by Crippen LogP contribution is 2.18. The van der Waals surface area contributed by atoms with E-state index in [1.54, 1.807) is 12.1 Å². The lowest BCUT2D eigenvalue weighted by molar-refractivity contribution is -0.121. The van der Waals surface area contributed by atoms with Crippen LogP contribution in [0.25, 0.3) is 0 Å². The summed E-state index contributed by atoms with van der Waals surface area (Å²) in [6.45, 7) is 4.98. The van der Waals surface area contributed by atoms with E-state index in [1.807, 2.05) is 48.5 Å². The van der Waals surface area contributed by atoms with E-state index in [0.29, 0.717) is 30.9 Å². The van der Waals surface area contributed by atoms with Crippen molar-refractivity contribution in [2.75, 3.05) is 13.1 Å². The summed E-state index contributed by atoms with van der Waals surface area (Å²) in [6.07, 6.45) is 5.84. The van der Waals surface area contributed by atoms with Crippen LogP contribution in [0.5, 0.6) is 0 Å². The molecule has 3 aromatic rings. The van der Waals surface area contributed by atoms with Crippen molar-refractivity contribution in [1.82, 2.24) is 20.6 Å². The lowest BCUT2D eigenvalue weighted by atomic mass is 9.89. The molecule has 3 rings (SSSR count). The van der Waals surface area contributed by atoms with Gasteiger partial charge in [-0.25, -0.2) is 4.98 Å². The number of benzene rings is 2. The van der Waals surface area contributed by atoms with Crippen molar-refractivity contribution in [2.45, 2.75) is 39.2 Å². The second-order valence-corrected chi connectivity index (χ2v) is 9.39. The van der Waals surface area contributed by atoms with Crippen molar-refractivity contribution in [1.29, 1.82) is 0 Å². The van der Waals surface area contributed by atoms with Crippen molar-refractivity contribution >= 4 is 17.5 Å². The lowest BCUT2D eigenvalue weighted by Gasteiger charge is -2.23. The first-order chi connectivity index (χ1) is 17.4. The molecular formula is C29H34N4O3. The highest BCUT2D eigenvalue weighted by atomic mass is 16.2. The van der Waals surface area contributed by atoms with Gasteiger partial charge in [-0.15, -0.1) is 0 Å². The maximum atomic E-state index is 13.5. The van der Waals surface area contributed by atoms with Crippen LogP contribution in [0.3, 0.4) is 0 Å². The molecule has 0 aliphatic rings. The minimum atomic E-state index is -0.692. The summed E-state index contributed by atoms with van der Waals surface area (Å²) < 4.78 is 0. The first kappa shape index (κ1) is 26.9. The third kappa shape index (κ3) is 8.82. The standard InChI is InChI=1S/C29H34N4O3/c1-21(2)15-23(18-31-20-28(35)24-11-7-4-8-12-24)17-27(34)25(16-22-9-5-3-6-10-22)33-29(36)26-19-30-13-14-32-26/h3-14,19,21,23,25,31H,15-18,20H2,1-2H3,(H,33,36)/t23-,25+/m1/s1. The third-order valence-electron chi connectivity index (χ3n) is 5.88. The summed E-state index contributed by atoms with van der Waals surface area (Å²) in [5.74, 6) is -0.0327. The molecule has 1 heterocycles. The van der Waals surface area contributed by atoms with Crippen LogP contribution in [0, 0.1) is 11.8 Å². The van der Waals surface area contributed by atoms with E-state index in [0.717, 1.165) is 12.0 Å². The maximum absolute atomic E-state index is 13.5. The van der Waals surface area contributed by atoms with Gasteiger partial charge in [0.2, 0.25) is 0 Å². The van der Waals surface area contributed by atoms with E-state index in [9.17, 15) is 14.4 Å². The number of carbonyl (C=O) groups is 3. The third-order valence-corrected chi connectivity index (χ3v) is 5.88. The number of hydrogen-bond donors (Lipinski definition) is 2. The Morgan fingerprint density at radius 1 is 0.917 bits per heavy atom. The Balaban J connectivity index is 1.66. The molecule has 36 heavy (non-hydrogen) atoms. The van der Waals surface area contributed by atoms with E-state index in [1.165, 1.54) is 18.6 Å². The summed E-state index contributed by atoms with van der Waals surface area (Å²) in [5, 5.41) is 6.11. The maximum Gasteiger partial charge on any atom is 0.272 e. The Morgan fingerprint density at radius 3 is 2.25 bits per heavy atom. The molecule has 2 atom stereocenters. The van der Waals surface area contributed by atoms with E-state index in [-0.39, 0.29) is 29.7 Å². The zero-order valence-corrected chi connectivity index (χ0v) is 20.9. The Hall–Kier alpha value is -3.71. The normalized spacial score (nSPS) is 12.6. The van der Waals surface area contributed by atoms with Crippen LogP contribution in [0.15, 0.2) is 79.3 Å². The summed E-state index contributed by atoms with van der Waals surface area (Å²) in [7, 11) is 0. The monoisotopic (exact) mass is 486 g/mol. The Labute approximate surface area is 212 Å². The Morgan fingerprint density at radius 2 is 1.61 bits per heavy atom. The van der Waals surface area contributed by atoms with Gasteiger partial charge in [0.05, 0.1) is 18.8 Å². The van der Waals surface area contributed by atoms with Gasteiger partial charge in [-0.1, -0.05) is 74.5 Å². The minimum absolute atomic E-state index is 0.0170. The fourth-order valence-corrected chi connectivity index (χ4v) is 4.19. The molecular weight excluding hydrogens is 452 g/mol. The van der Waals surface area contributed by atoms with E-state index >= 15 is 0 Å². The molecule has 188 valence electrons. The number of carbonyl (C=O) groups excluding carboxylic acids is 3. The Kier molecular flexibility index (Phi) is 10.5.